The van der Waals surface area contributed by atoms with E-state index < -0.39 is 21.9 Å². The molecule has 0 saturated carbocycles. The first-order chi connectivity index (χ1) is 11.6. The number of sulfonamides is 1. The highest BCUT2D eigenvalue weighted by atomic mass is 35.5. The molecule has 0 radical (unpaired) electrons. The number of aromatic carboxylic acids is 1. The van der Waals surface area contributed by atoms with Crippen LogP contribution in [0, 0.1) is 0 Å². The van der Waals surface area contributed by atoms with E-state index in [0.29, 0.717) is 0 Å². The van der Waals surface area contributed by atoms with Gasteiger partial charge in [0, 0.05) is 19.8 Å². The largest absolute Gasteiger partial charge is 0.478 e. The molecule has 0 aliphatic rings. The minimum Gasteiger partial charge on any atom is -0.478 e. The minimum atomic E-state index is -3.72. The molecule has 0 aliphatic carbocycles. The third-order valence-corrected chi connectivity index (χ3v) is 5.47. The quantitative estimate of drug-likeness (QED) is 0.826. The maximum Gasteiger partial charge on any atom is 0.335 e. The number of carbonyl (C=O) groups excluding carboxylic acids is 1. The summed E-state index contributed by atoms with van der Waals surface area (Å²) >= 11 is 6.01. The van der Waals surface area contributed by atoms with Crippen molar-refractivity contribution in [2.45, 2.75) is 4.90 Å². The van der Waals surface area contributed by atoms with Gasteiger partial charge in [-0.05, 0) is 36.4 Å². The molecule has 0 atom stereocenters. The lowest BCUT2D eigenvalue weighted by Crippen LogP contribution is -2.23. The van der Waals surface area contributed by atoms with Crippen molar-refractivity contribution >= 4 is 39.2 Å². The van der Waals surface area contributed by atoms with Gasteiger partial charge in [-0.15, -0.1) is 0 Å². The van der Waals surface area contributed by atoms with Gasteiger partial charge in [-0.25, -0.2) is 17.5 Å². The van der Waals surface area contributed by atoms with Crippen LogP contribution < -0.4 is 5.32 Å². The van der Waals surface area contributed by atoms with Crippen LogP contribution in [0.2, 0.25) is 5.02 Å². The van der Waals surface area contributed by atoms with Gasteiger partial charge in [-0.2, -0.15) is 0 Å². The van der Waals surface area contributed by atoms with Crippen LogP contribution >= 0.6 is 11.6 Å². The van der Waals surface area contributed by atoms with Crippen molar-refractivity contribution in [2.75, 3.05) is 19.4 Å². The van der Waals surface area contributed by atoms with Crippen molar-refractivity contribution in [3.05, 3.63) is 58.6 Å². The zero-order valence-electron chi connectivity index (χ0n) is 13.4. The highest BCUT2D eigenvalue weighted by molar-refractivity contribution is 7.89. The van der Waals surface area contributed by atoms with Crippen LogP contribution in [0.3, 0.4) is 0 Å². The molecule has 2 aromatic carbocycles. The number of halogens is 1. The number of carboxylic acids is 1. The minimum absolute atomic E-state index is 0.00725. The predicted molar refractivity (Wildman–Crippen MR) is 93.7 cm³/mol. The summed E-state index contributed by atoms with van der Waals surface area (Å²) in [6, 6.07) is 9.46. The van der Waals surface area contributed by atoms with Gasteiger partial charge in [0.2, 0.25) is 10.0 Å². The highest BCUT2D eigenvalue weighted by Gasteiger charge is 2.21. The lowest BCUT2D eigenvalue weighted by molar-refractivity contribution is 0.0696. The molecule has 2 rings (SSSR count). The molecule has 0 unspecified atom stereocenters. The zero-order chi connectivity index (χ0) is 18.8. The Labute approximate surface area is 149 Å². The van der Waals surface area contributed by atoms with Crippen LogP contribution in [0.25, 0.3) is 0 Å². The van der Waals surface area contributed by atoms with Gasteiger partial charge in [0.1, 0.15) is 0 Å². The first-order valence-electron chi connectivity index (χ1n) is 6.99. The molecule has 2 aromatic rings. The molecular formula is C16H15ClN2O5S. The second-order valence-electron chi connectivity index (χ2n) is 5.27. The van der Waals surface area contributed by atoms with Gasteiger partial charge >= 0.3 is 5.97 Å². The number of carboxylic acid groups (broad SMARTS) is 1. The molecule has 9 heteroatoms. The van der Waals surface area contributed by atoms with Crippen LogP contribution in [0.15, 0.2) is 47.4 Å². The van der Waals surface area contributed by atoms with Gasteiger partial charge in [0.15, 0.2) is 0 Å². The fraction of sp³-hybridized carbons (Fsp3) is 0.125. The molecule has 7 nitrogen and oxygen atoms in total. The van der Waals surface area contributed by atoms with Gasteiger partial charge in [0.25, 0.3) is 5.91 Å². The monoisotopic (exact) mass is 382 g/mol. The number of carbonyl (C=O) groups is 2. The maximum absolute atomic E-state index is 12.4. The van der Waals surface area contributed by atoms with Crippen LogP contribution in [-0.4, -0.2) is 43.8 Å². The van der Waals surface area contributed by atoms with Gasteiger partial charge in [0.05, 0.1) is 21.0 Å². The van der Waals surface area contributed by atoms with Crippen LogP contribution in [0.1, 0.15) is 20.7 Å². The normalized spacial score (nSPS) is 11.4. The average molecular weight is 383 g/mol. The molecular weight excluding hydrogens is 368 g/mol. The van der Waals surface area contributed by atoms with Crippen molar-refractivity contribution in [3.8, 4) is 0 Å². The Hall–Kier alpha value is -2.42. The number of nitrogens with one attached hydrogen (secondary N) is 1. The summed E-state index contributed by atoms with van der Waals surface area (Å²) in [4.78, 5) is 23.3. The molecule has 0 saturated heterocycles. The molecule has 0 aromatic heterocycles. The van der Waals surface area contributed by atoms with E-state index >= 15 is 0 Å². The van der Waals surface area contributed by atoms with E-state index in [9.17, 15) is 18.0 Å². The molecule has 1 amide bonds. The van der Waals surface area contributed by atoms with Crippen molar-refractivity contribution in [1.29, 1.82) is 0 Å². The second kappa shape index (κ2) is 7.22. The lowest BCUT2D eigenvalue weighted by Gasteiger charge is -2.13. The third-order valence-electron chi connectivity index (χ3n) is 3.33. The Balaban J connectivity index is 2.37. The molecule has 0 fully saturated rings. The number of anilines is 1. The number of hydrogen-bond acceptors (Lipinski definition) is 4. The van der Waals surface area contributed by atoms with Gasteiger partial charge < -0.3 is 10.4 Å². The van der Waals surface area contributed by atoms with E-state index in [-0.39, 0.29) is 26.7 Å². The molecule has 132 valence electrons. The van der Waals surface area contributed by atoms with Crippen molar-refractivity contribution in [2.24, 2.45) is 0 Å². The summed E-state index contributed by atoms with van der Waals surface area (Å²) < 4.78 is 25.4. The van der Waals surface area contributed by atoms with E-state index in [2.05, 4.69) is 5.32 Å². The number of amides is 1. The SMILES string of the molecule is CN(C)S(=O)(=O)c1ccc(Cl)c(C(=O)Nc2cccc(C(=O)O)c2)c1. The smallest absolute Gasteiger partial charge is 0.335 e. The topological polar surface area (TPSA) is 104 Å². The molecule has 0 spiro atoms. The summed E-state index contributed by atoms with van der Waals surface area (Å²) in [5.41, 5.74) is 0.222. The van der Waals surface area contributed by atoms with Crippen LogP contribution in [-0.2, 0) is 10.0 Å². The fourth-order valence-corrected chi connectivity index (χ4v) is 3.11. The standard InChI is InChI=1S/C16H15ClN2O5S/c1-19(2)25(23,24)12-6-7-14(17)13(9-12)15(20)18-11-5-3-4-10(8-11)16(21)22/h3-9H,1-2H3,(H,18,20)(H,21,22). The van der Waals surface area contributed by atoms with Gasteiger partial charge in [-0.3, -0.25) is 4.79 Å². The van der Waals surface area contributed by atoms with Crippen molar-refractivity contribution < 1.29 is 23.1 Å². The Kier molecular flexibility index (Phi) is 5.46. The lowest BCUT2D eigenvalue weighted by atomic mass is 10.1. The number of rotatable bonds is 5. The van der Waals surface area contributed by atoms with E-state index in [1.165, 1.54) is 56.6 Å². The fourth-order valence-electron chi connectivity index (χ4n) is 1.98. The van der Waals surface area contributed by atoms with E-state index in [1.807, 2.05) is 0 Å². The molecule has 0 heterocycles. The Morgan fingerprint density at radius 3 is 2.40 bits per heavy atom. The number of hydrogen-bond donors (Lipinski definition) is 2. The maximum atomic E-state index is 12.4. The summed E-state index contributed by atoms with van der Waals surface area (Å²) in [7, 11) is -0.971. The first-order valence-corrected chi connectivity index (χ1v) is 8.81. The third kappa shape index (κ3) is 4.16. The van der Waals surface area contributed by atoms with Crippen molar-refractivity contribution in [1.82, 2.24) is 4.31 Å². The Morgan fingerprint density at radius 2 is 1.80 bits per heavy atom. The molecule has 0 aliphatic heterocycles. The average Bonchev–Trinajstić information content (AvgIpc) is 2.55. The molecule has 0 bridgehead atoms. The highest BCUT2D eigenvalue weighted by Crippen LogP contribution is 2.23. The van der Waals surface area contributed by atoms with Gasteiger partial charge in [-0.1, -0.05) is 17.7 Å². The number of benzene rings is 2. The molecule has 2 N–H and O–H groups in total. The summed E-state index contributed by atoms with van der Waals surface area (Å²) in [6.45, 7) is 0. The Bertz CT molecular complexity index is 941. The Morgan fingerprint density at radius 1 is 1.12 bits per heavy atom. The number of nitrogens with zero attached hydrogens (tertiary/aromatic N) is 1. The summed E-state index contributed by atoms with van der Waals surface area (Å²) in [5.74, 6) is -1.78. The van der Waals surface area contributed by atoms with Crippen LogP contribution in [0.4, 0.5) is 5.69 Å². The predicted octanol–water partition coefficient (Wildman–Crippen LogP) is 2.54. The van der Waals surface area contributed by atoms with E-state index in [0.717, 1.165) is 4.31 Å². The van der Waals surface area contributed by atoms with Crippen LogP contribution in [0.5, 0.6) is 0 Å². The summed E-state index contributed by atoms with van der Waals surface area (Å²) in [5, 5.41) is 11.6. The first kappa shape index (κ1) is 18.9. The summed E-state index contributed by atoms with van der Waals surface area (Å²) in [6.07, 6.45) is 0. The zero-order valence-corrected chi connectivity index (χ0v) is 14.9. The molecule has 25 heavy (non-hydrogen) atoms. The van der Waals surface area contributed by atoms with E-state index in [4.69, 9.17) is 16.7 Å². The van der Waals surface area contributed by atoms with Crippen molar-refractivity contribution in [3.63, 3.8) is 0 Å². The second-order valence-corrected chi connectivity index (χ2v) is 7.83. The van der Waals surface area contributed by atoms with E-state index in [1.54, 1.807) is 0 Å².